The number of rotatable bonds is 4. The Morgan fingerprint density at radius 1 is 1.00 bits per heavy atom. The van der Waals surface area contributed by atoms with Gasteiger partial charge < -0.3 is 10.4 Å². The minimum Gasteiger partial charge on any atom is -0.508 e. The van der Waals surface area contributed by atoms with Crippen LogP contribution in [0.5, 0.6) is 5.75 Å². The molecule has 3 heteroatoms. The zero-order valence-electron chi connectivity index (χ0n) is 9.36. The summed E-state index contributed by atoms with van der Waals surface area (Å²) in [7, 11) is 0. The molecule has 0 bridgehead atoms. The summed E-state index contributed by atoms with van der Waals surface area (Å²) < 4.78 is 0. The number of phenolic OH excluding ortho intramolecular Hbond substituents is 1. The molecule has 0 spiro atoms. The van der Waals surface area contributed by atoms with Crippen molar-refractivity contribution in [1.29, 1.82) is 0 Å². The molecule has 0 atom stereocenters. The average molecular weight is 248 g/mol. The third-order valence-electron chi connectivity index (χ3n) is 2.51. The van der Waals surface area contributed by atoms with Crippen LogP contribution >= 0.6 is 11.6 Å². The lowest BCUT2D eigenvalue weighted by atomic mass is 10.2. The zero-order valence-corrected chi connectivity index (χ0v) is 10.1. The number of hydrogen-bond donors (Lipinski definition) is 2. The quantitative estimate of drug-likeness (QED) is 0.869. The second-order valence-corrected chi connectivity index (χ2v) is 4.27. The van der Waals surface area contributed by atoms with Crippen molar-refractivity contribution in [3.05, 3.63) is 64.7 Å². The van der Waals surface area contributed by atoms with Crippen LogP contribution in [-0.4, -0.2) is 5.11 Å². The summed E-state index contributed by atoms with van der Waals surface area (Å²) in [5, 5.41) is 13.4. The largest absolute Gasteiger partial charge is 0.508 e. The summed E-state index contributed by atoms with van der Waals surface area (Å²) >= 11 is 6.05. The van der Waals surface area contributed by atoms with Gasteiger partial charge in [0.1, 0.15) is 5.75 Å². The van der Waals surface area contributed by atoms with E-state index in [-0.39, 0.29) is 0 Å². The lowest BCUT2D eigenvalue weighted by Gasteiger charge is -2.07. The molecule has 0 aliphatic heterocycles. The Hall–Kier alpha value is -1.51. The van der Waals surface area contributed by atoms with E-state index >= 15 is 0 Å². The Bertz CT molecular complexity index is 499. The highest BCUT2D eigenvalue weighted by Gasteiger charge is 1.99. The molecule has 2 N–H and O–H groups in total. The van der Waals surface area contributed by atoms with Crippen LogP contribution in [0, 0.1) is 0 Å². The van der Waals surface area contributed by atoms with Crippen molar-refractivity contribution in [1.82, 2.24) is 5.32 Å². The van der Waals surface area contributed by atoms with Gasteiger partial charge in [-0.2, -0.15) is 0 Å². The minimum absolute atomic E-state index is 0.294. The number of halogens is 1. The van der Waals surface area contributed by atoms with Crippen molar-refractivity contribution in [2.75, 3.05) is 0 Å². The van der Waals surface area contributed by atoms with Crippen molar-refractivity contribution >= 4 is 11.6 Å². The number of benzene rings is 2. The predicted octanol–water partition coefficient (Wildman–Crippen LogP) is 3.34. The van der Waals surface area contributed by atoms with Crippen LogP contribution < -0.4 is 5.32 Å². The van der Waals surface area contributed by atoms with Crippen molar-refractivity contribution in [3.63, 3.8) is 0 Å². The fourth-order valence-corrected chi connectivity index (χ4v) is 1.85. The second kappa shape index (κ2) is 5.71. The standard InChI is InChI=1S/C14H14ClNO/c15-14-7-2-1-5-12(14)10-16-9-11-4-3-6-13(17)8-11/h1-8,16-17H,9-10H2. The van der Waals surface area contributed by atoms with Gasteiger partial charge in [-0.05, 0) is 29.3 Å². The van der Waals surface area contributed by atoms with E-state index in [9.17, 15) is 5.11 Å². The normalized spacial score (nSPS) is 10.4. The van der Waals surface area contributed by atoms with Crippen molar-refractivity contribution in [3.8, 4) is 5.75 Å². The van der Waals surface area contributed by atoms with Gasteiger partial charge in [-0.3, -0.25) is 0 Å². The highest BCUT2D eigenvalue weighted by atomic mass is 35.5. The topological polar surface area (TPSA) is 32.3 Å². The van der Waals surface area contributed by atoms with E-state index in [0.29, 0.717) is 12.3 Å². The van der Waals surface area contributed by atoms with E-state index in [2.05, 4.69) is 5.32 Å². The molecule has 0 heterocycles. The third-order valence-corrected chi connectivity index (χ3v) is 2.88. The molecule has 0 radical (unpaired) electrons. The van der Waals surface area contributed by atoms with Crippen LogP contribution in [0.3, 0.4) is 0 Å². The van der Waals surface area contributed by atoms with Gasteiger partial charge in [0.15, 0.2) is 0 Å². The Morgan fingerprint density at radius 2 is 1.82 bits per heavy atom. The fourth-order valence-electron chi connectivity index (χ4n) is 1.65. The van der Waals surface area contributed by atoms with Gasteiger partial charge >= 0.3 is 0 Å². The molecule has 2 nitrogen and oxygen atoms in total. The van der Waals surface area contributed by atoms with Crippen molar-refractivity contribution < 1.29 is 5.11 Å². The fraction of sp³-hybridized carbons (Fsp3) is 0.143. The van der Waals surface area contributed by atoms with E-state index in [0.717, 1.165) is 22.7 Å². The Balaban J connectivity index is 1.90. The lowest BCUT2D eigenvalue weighted by molar-refractivity contribution is 0.474. The van der Waals surface area contributed by atoms with Crippen LogP contribution in [0.1, 0.15) is 11.1 Å². The van der Waals surface area contributed by atoms with Crippen LogP contribution in [0.4, 0.5) is 0 Å². The number of aromatic hydroxyl groups is 1. The SMILES string of the molecule is Oc1cccc(CNCc2ccccc2Cl)c1. The molecule has 0 aliphatic carbocycles. The van der Waals surface area contributed by atoms with Crippen LogP contribution in [0.15, 0.2) is 48.5 Å². The molecule has 0 amide bonds. The third kappa shape index (κ3) is 3.48. The molecule has 88 valence electrons. The minimum atomic E-state index is 0.294. The zero-order chi connectivity index (χ0) is 12.1. The number of hydrogen-bond acceptors (Lipinski definition) is 2. The predicted molar refractivity (Wildman–Crippen MR) is 70.1 cm³/mol. The molecular weight excluding hydrogens is 234 g/mol. The second-order valence-electron chi connectivity index (χ2n) is 3.86. The van der Waals surface area contributed by atoms with E-state index in [4.69, 9.17) is 11.6 Å². The molecule has 0 saturated carbocycles. The molecule has 2 rings (SSSR count). The van der Waals surface area contributed by atoms with Crippen molar-refractivity contribution in [2.24, 2.45) is 0 Å². The first-order chi connectivity index (χ1) is 8.25. The summed E-state index contributed by atoms with van der Waals surface area (Å²) in [6.45, 7) is 1.43. The number of phenols is 1. The Kier molecular flexibility index (Phi) is 4.02. The van der Waals surface area contributed by atoms with Gasteiger partial charge in [-0.15, -0.1) is 0 Å². The summed E-state index contributed by atoms with van der Waals surface area (Å²) in [6, 6.07) is 15.0. The summed E-state index contributed by atoms with van der Waals surface area (Å²) in [5.41, 5.74) is 2.13. The molecule has 0 fully saturated rings. The molecule has 2 aromatic rings. The van der Waals surface area contributed by atoms with Crippen LogP contribution in [0.2, 0.25) is 5.02 Å². The first-order valence-electron chi connectivity index (χ1n) is 5.48. The van der Waals surface area contributed by atoms with E-state index < -0.39 is 0 Å². The van der Waals surface area contributed by atoms with E-state index in [1.807, 2.05) is 36.4 Å². The molecule has 0 unspecified atom stereocenters. The summed E-state index contributed by atoms with van der Waals surface area (Å²) in [5.74, 6) is 0.294. The Labute approximate surface area is 106 Å². The van der Waals surface area contributed by atoms with Gasteiger partial charge in [0.25, 0.3) is 0 Å². The highest BCUT2D eigenvalue weighted by molar-refractivity contribution is 6.31. The van der Waals surface area contributed by atoms with Gasteiger partial charge in [0.05, 0.1) is 0 Å². The molecule has 17 heavy (non-hydrogen) atoms. The maximum atomic E-state index is 9.32. The first kappa shape index (κ1) is 12.0. The van der Waals surface area contributed by atoms with Crippen molar-refractivity contribution in [2.45, 2.75) is 13.1 Å². The van der Waals surface area contributed by atoms with Gasteiger partial charge in [0.2, 0.25) is 0 Å². The first-order valence-corrected chi connectivity index (χ1v) is 5.85. The summed E-state index contributed by atoms with van der Waals surface area (Å²) in [6.07, 6.45) is 0. The number of nitrogens with one attached hydrogen (secondary N) is 1. The molecular formula is C14H14ClNO. The molecule has 0 aliphatic rings. The van der Waals surface area contributed by atoms with E-state index in [1.165, 1.54) is 0 Å². The molecule has 0 saturated heterocycles. The van der Waals surface area contributed by atoms with Gasteiger partial charge in [-0.25, -0.2) is 0 Å². The van der Waals surface area contributed by atoms with Gasteiger partial charge in [-0.1, -0.05) is 41.9 Å². The highest BCUT2D eigenvalue weighted by Crippen LogP contribution is 2.15. The molecule has 0 aromatic heterocycles. The average Bonchev–Trinajstić information content (AvgIpc) is 2.32. The monoisotopic (exact) mass is 247 g/mol. The summed E-state index contributed by atoms with van der Waals surface area (Å²) in [4.78, 5) is 0. The van der Waals surface area contributed by atoms with Gasteiger partial charge in [0, 0.05) is 18.1 Å². The van der Waals surface area contributed by atoms with Crippen LogP contribution in [0.25, 0.3) is 0 Å². The molecule has 2 aromatic carbocycles. The van der Waals surface area contributed by atoms with Crippen LogP contribution in [-0.2, 0) is 13.1 Å². The maximum Gasteiger partial charge on any atom is 0.115 e. The Morgan fingerprint density at radius 3 is 2.59 bits per heavy atom. The maximum absolute atomic E-state index is 9.32. The smallest absolute Gasteiger partial charge is 0.115 e. The lowest BCUT2D eigenvalue weighted by Crippen LogP contribution is -2.12. The van der Waals surface area contributed by atoms with E-state index in [1.54, 1.807) is 12.1 Å².